The monoisotopic (exact) mass is 462 g/mol. The van der Waals surface area contributed by atoms with Gasteiger partial charge in [-0.15, -0.1) is 0 Å². The largest absolute Gasteiger partial charge is 0.480 e. The van der Waals surface area contributed by atoms with Gasteiger partial charge in [-0.05, 0) is 63.4 Å². The third kappa shape index (κ3) is 7.01. The number of carboxylic acid groups (broad SMARTS) is 1. The summed E-state index contributed by atoms with van der Waals surface area (Å²) in [6.07, 6.45) is 3.67. The number of carboxylic acids is 1. The van der Waals surface area contributed by atoms with Crippen molar-refractivity contribution in [3.05, 3.63) is 29.8 Å². The van der Waals surface area contributed by atoms with Gasteiger partial charge in [0.2, 0.25) is 5.91 Å². The Hall–Kier alpha value is -2.45. The van der Waals surface area contributed by atoms with E-state index < -0.39 is 35.9 Å². The van der Waals surface area contributed by atoms with Crippen molar-refractivity contribution in [3.8, 4) is 5.75 Å². The van der Waals surface area contributed by atoms with Gasteiger partial charge in [0, 0.05) is 12.0 Å². The number of carbonyl (C=O) groups excluding carboxylic acids is 2. The molecule has 3 N–H and O–H groups in total. The van der Waals surface area contributed by atoms with Crippen LogP contribution in [0.25, 0.3) is 0 Å². The van der Waals surface area contributed by atoms with Gasteiger partial charge in [0.1, 0.15) is 11.8 Å². The molecule has 2 rings (SSSR count). The molecular formula is C25H38N2O6. The first-order valence-corrected chi connectivity index (χ1v) is 11.7. The molecule has 0 spiro atoms. The van der Waals surface area contributed by atoms with Crippen LogP contribution < -0.4 is 10.1 Å². The summed E-state index contributed by atoms with van der Waals surface area (Å²) in [6, 6.07) is 6.27. The zero-order valence-corrected chi connectivity index (χ0v) is 20.4. The van der Waals surface area contributed by atoms with Gasteiger partial charge in [-0.25, -0.2) is 9.59 Å². The van der Waals surface area contributed by atoms with Crippen LogP contribution in [0.4, 0.5) is 0 Å². The molecule has 1 fully saturated rings. The van der Waals surface area contributed by atoms with Crippen molar-refractivity contribution in [2.45, 2.75) is 76.9 Å². The predicted molar refractivity (Wildman–Crippen MR) is 125 cm³/mol. The van der Waals surface area contributed by atoms with Crippen LogP contribution in [0.3, 0.4) is 0 Å². The van der Waals surface area contributed by atoms with E-state index in [0.29, 0.717) is 5.75 Å². The molecule has 184 valence electrons. The van der Waals surface area contributed by atoms with Crippen LogP contribution >= 0.6 is 0 Å². The number of rotatable bonds is 9. The minimum atomic E-state index is -2.11. The lowest BCUT2D eigenvalue weighted by Crippen LogP contribution is -2.49. The lowest BCUT2D eigenvalue weighted by molar-refractivity contribution is -0.157. The van der Waals surface area contributed by atoms with Gasteiger partial charge in [0.15, 0.2) is 5.60 Å². The normalized spacial score (nSPS) is 22.2. The van der Waals surface area contributed by atoms with E-state index in [4.69, 9.17) is 4.74 Å². The molecule has 1 aliphatic heterocycles. The lowest BCUT2D eigenvalue weighted by atomic mass is 9.74. The van der Waals surface area contributed by atoms with Crippen LogP contribution in [0.1, 0.15) is 65.4 Å². The second kappa shape index (κ2) is 11.1. The molecule has 0 aromatic heterocycles. The van der Waals surface area contributed by atoms with Crippen LogP contribution in [0.2, 0.25) is 0 Å². The van der Waals surface area contributed by atoms with Crippen molar-refractivity contribution < 1.29 is 29.3 Å². The van der Waals surface area contributed by atoms with Gasteiger partial charge in [-0.2, -0.15) is 0 Å². The Labute approximate surface area is 196 Å². The Morgan fingerprint density at radius 3 is 2.58 bits per heavy atom. The number of aliphatic carboxylic acids is 1. The number of nitrogens with zero attached hydrogens (tertiary/aromatic N) is 1. The van der Waals surface area contributed by atoms with E-state index in [1.807, 2.05) is 18.2 Å². The van der Waals surface area contributed by atoms with Crippen molar-refractivity contribution in [1.29, 1.82) is 0 Å². The first-order chi connectivity index (χ1) is 15.4. The Bertz CT molecular complexity index is 853. The van der Waals surface area contributed by atoms with Crippen molar-refractivity contribution in [2.24, 2.45) is 5.92 Å². The van der Waals surface area contributed by atoms with Crippen molar-refractivity contribution in [1.82, 2.24) is 10.2 Å². The fourth-order valence-corrected chi connectivity index (χ4v) is 4.48. The summed E-state index contributed by atoms with van der Waals surface area (Å²) in [5, 5.41) is 22.2. The highest BCUT2D eigenvalue weighted by molar-refractivity contribution is 5.90. The topological polar surface area (TPSA) is 116 Å². The van der Waals surface area contributed by atoms with E-state index in [-0.39, 0.29) is 11.3 Å². The van der Waals surface area contributed by atoms with Crippen molar-refractivity contribution >= 4 is 17.8 Å². The van der Waals surface area contributed by atoms with Gasteiger partial charge in [-0.1, -0.05) is 39.3 Å². The summed E-state index contributed by atoms with van der Waals surface area (Å²) >= 11 is 0. The highest BCUT2D eigenvalue weighted by atomic mass is 16.6. The molecule has 33 heavy (non-hydrogen) atoms. The number of ether oxygens (including phenoxy) is 1. The fourth-order valence-electron chi connectivity index (χ4n) is 4.48. The number of hydrogen-bond acceptors (Lipinski definition) is 6. The predicted octanol–water partition coefficient (Wildman–Crippen LogP) is 2.72. The zero-order chi connectivity index (χ0) is 24.8. The number of likely N-dealkylation sites (tertiary alicyclic amines) is 1. The first kappa shape index (κ1) is 26.8. The molecule has 0 saturated carbocycles. The van der Waals surface area contributed by atoms with Gasteiger partial charge in [0.25, 0.3) is 0 Å². The molecule has 3 atom stereocenters. The van der Waals surface area contributed by atoms with E-state index in [0.717, 1.165) is 44.3 Å². The summed E-state index contributed by atoms with van der Waals surface area (Å²) in [4.78, 5) is 38.6. The van der Waals surface area contributed by atoms with Gasteiger partial charge in [0.05, 0.1) is 6.42 Å². The Morgan fingerprint density at radius 2 is 1.97 bits per heavy atom. The molecule has 0 radical (unpaired) electrons. The molecule has 1 aromatic rings. The number of carbonyl (C=O) groups is 3. The Morgan fingerprint density at radius 1 is 1.27 bits per heavy atom. The summed E-state index contributed by atoms with van der Waals surface area (Å²) in [5.41, 5.74) is -1.06. The van der Waals surface area contributed by atoms with E-state index >= 15 is 0 Å². The number of amides is 1. The molecular weight excluding hydrogens is 424 g/mol. The standard InChI is InChI=1S/C25H38N2O6/c1-6-25(12-7-8-13-27(5)16-25)18-10-9-11-19(14-18)33-23(31)24(4,32)15-20(28)26-21(17(2)3)22(29)30/h9-11,14,17,21,32H,6-8,12-13,15-16H2,1-5H3,(H,26,28)(H,29,30)/t21?,24-,25?/m0/s1. The molecule has 0 bridgehead atoms. The maximum absolute atomic E-state index is 12.7. The smallest absolute Gasteiger partial charge is 0.343 e. The molecule has 2 unspecified atom stereocenters. The number of likely N-dealkylation sites (N-methyl/N-ethyl adjacent to an activating group) is 1. The van der Waals surface area contributed by atoms with Crippen LogP contribution in [0.15, 0.2) is 24.3 Å². The highest BCUT2D eigenvalue weighted by Gasteiger charge is 2.37. The molecule has 1 heterocycles. The summed E-state index contributed by atoms with van der Waals surface area (Å²) < 4.78 is 5.46. The molecule has 1 aromatic carbocycles. The maximum Gasteiger partial charge on any atom is 0.343 e. The molecule has 1 aliphatic rings. The molecule has 1 amide bonds. The summed E-state index contributed by atoms with van der Waals surface area (Å²) in [5.74, 6) is -2.91. The second-order valence-electron chi connectivity index (χ2n) is 9.82. The summed E-state index contributed by atoms with van der Waals surface area (Å²) in [6.45, 7) is 8.65. The van der Waals surface area contributed by atoms with Crippen LogP contribution in [0, 0.1) is 5.92 Å². The average molecular weight is 463 g/mol. The zero-order valence-electron chi connectivity index (χ0n) is 20.4. The van der Waals surface area contributed by atoms with Crippen molar-refractivity contribution in [3.63, 3.8) is 0 Å². The maximum atomic E-state index is 12.7. The number of hydrogen-bond donors (Lipinski definition) is 3. The molecule has 1 saturated heterocycles. The van der Waals surface area contributed by atoms with Crippen LogP contribution in [0.5, 0.6) is 5.75 Å². The third-order valence-corrected chi connectivity index (χ3v) is 6.55. The van der Waals surface area contributed by atoms with E-state index in [1.54, 1.807) is 19.9 Å². The van der Waals surface area contributed by atoms with Crippen LogP contribution in [-0.4, -0.2) is 64.7 Å². The highest BCUT2D eigenvalue weighted by Crippen LogP contribution is 2.37. The minimum absolute atomic E-state index is 0.0429. The van der Waals surface area contributed by atoms with Gasteiger partial charge < -0.3 is 25.2 Å². The number of nitrogens with one attached hydrogen (secondary N) is 1. The minimum Gasteiger partial charge on any atom is -0.480 e. The SMILES string of the molecule is CCC1(c2cccc(OC(=O)[C@@](C)(O)CC(=O)NC(C(=O)O)C(C)C)c2)CCCCN(C)C1. The van der Waals surface area contributed by atoms with Crippen molar-refractivity contribution in [2.75, 3.05) is 20.1 Å². The fraction of sp³-hybridized carbons (Fsp3) is 0.640. The van der Waals surface area contributed by atoms with E-state index in [2.05, 4.69) is 24.2 Å². The molecule has 8 nitrogen and oxygen atoms in total. The summed E-state index contributed by atoms with van der Waals surface area (Å²) in [7, 11) is 2.12. The molecule has 8 heteroatoms. The van der Waals surface area contributed by atoms with Crippen LogP contribution in [-0.2, 0) is 19.8 Å². The number of esters is 1. The Balaban J connectivity index is 2.13. The average Bonchev–Trinajstić information content (AvgIpc) is 2.93. The van der Waals surface area contributed by atoms with E-state index in [1.165, 1.54) is 6.92 Å². The lowest BCUT2D eigenvalue weighted by Gasteiger charge is -2.35. The quantitative estimate of drug-likeness (QED) is 0.382. The second-order valence-corrected chi connectivity index (χ2v) is 9.82. The number of benzene rings is 1. The van der Waals surface area contributed by atoms with Gasteiger partial charge in [-0.3, -0.25) is 4.79 Å². The Kier molecular flexibility index (Phi) is 9.03. The van der Waals surface area contributed by atoms with E-state index in [9.17, 15) is 24.6 Å². The first-order valence-electron chi connectivity index (χ1n) is 11.7. The third-order valence-electron chi connectivity index (χ3n) is 6.55. The number of aliphatic hydroxyl groups is 1. The van der Waals surface area contributed by atoms with Gasteiger partial charge >= 0.3 is 11.9 Å². The molecule has 0 aliphatic carbocycles.